The molecule has 0 bridgehead atoms. The lowest BCUT2D eigenvalue weighted by Crippen LogP contribution is -2.67. The van der Waals surface area contributed by atoms with E-state index in [1.54, 1.807) is 0 Å². The summed E-state index contributed by atoms with van der Waals surface area (Å²) in [4.78, 5) is 0. The Morgan fingerprint density at radius 2 is 1.85 bits per heavy atom. The summed E-state index contributed by atoms with van der Waals surface area (Å²) in [5.41, 5.74) is 0. The summed E-state index contributed by atoms with van der Waals surface area (Å²) in [6.45, 7) is 9.07. The molecule has 0 aromatic rings. The Kier molecular flexibility index (Phi) is 3.57. The van der Waals surface area contributed by atoms with Crippen LogP contribution in [0.15, 0.2) is 0 Å². The number of alkyl halides is 2. The van der Waals surface area contributed by atoms with Crippen LogP contribution in [0.2, 0.25) is 25.7 Å². The fraction of sp³-hybridized carbons (Fsp3) is 1.00. The minimum Gasteiger partial charge on any atom is -0.414 e. The minimum absolute atomic E-state index is 0.267. The van der Waals surface area contributed by atoms with Crippen molar-refractivity contribution in [2.24, 2.45) is 0 Å². The molecular weight excluding hydrogens is 239 g/mol. The molecule has 1 saturated heterocycles. The van der Waals surface area contributed by atoms with Crippen LogP contribution in [0, 0.1) is 0 Å². The zero-order valence-corrected chi connectivity index (χ0v) is 12.2. The second-order valence-electron chi connectivity index (χ2n) is 4.76. The van der Waals surface area contributed by atoms with Crippen molar-refractivity contribution in [1.82, 2.24) is 0 Å². The molecule has 1 aliphatic rings. The van der Waals surface area contributed by atoms with E-state index in [2.05, 4.69) is 26.6 Å². The van der Waals surface area contributed by atoms with Crippen LogP contribution in [0.1, 0.15) is 13.3 Å². The van der Waals surface area contributed by atoms with Crippen LogP contribution in [0.25, 0.3) is 0 Å². The molecule has 78 valence electrons. The van der Waals surface area contributed by atoms with Crippen molar-refractivity contribution in [3.8, 4) is 0 Å². The normalized spacial score (nSPS) is 39.5. The average Bonchev–Trinajstić information content (AvgIpc) is 1.98. The first kappa shape index (κ1) is 12.0. The van der Waals surface area contributed by atoms with Crippen molar-refractivity contribution >= 4 is 38.6 Å². The third kappa shape index (κ3) is 2.15. The number of hydrogen-bond acceptors (Lipinski definition) is 1. The molecule has 0 radical (unpaired) electrons. The highest BCUT2D eigenvalue weighted by molar-refractivity contribution is 7.42. The topological polar surface area (TPSA) is 9.23 Å². The Labute approximate surface area is 92.7 Å². The van der Waals surface area contributed by atoms with Crippen LogP contribution >= 0.6 is 23.2 Å². The predicted molar refractivity (Wildman–Crippen MR) is 64.6 cm³/mol. The van der Waals surface area contributed by atoms with E-state index < -0.39 is 15.4 Å². The Bertz CT molecular complexity index is 199. The van der Waals surface area contributed by atoms with E-state index in [4.69, 9.17) is 27.6 Å². The van der Waals surface area contributed by atoms with Gasteiger partial charge in [0.15, 0.2) is 0 Å². The van der Waals surface area contributed by atoms with E-state index in [-0.39, 0.29) is 4.46 Å². The van der Waals surface area contributed by atoms with E-state index in [0.29, 0.717) is 6.10 Å². The zero-order chi connectivity index (χ0) is 10.3. The number of hydrogen-bond donors (Lipinski definition) is 0. The lowest BCUT2D eigenvalue weighted by molar-refractivity contribution is 0.204. The van der Waals surface area contributed by atoms with Gasteiger partial charge in [0.2, 0.25) is 7.83 Å². The largest absolute Gasteiger partial charge is 0.414 e. The highest BCUT2D eigenvalue weighted by atomic mass is 35.5. The Balaban J connectivity index is 2.89. The van der Waals surface area contributed by atoms with Gasteiger partial charge in [-0.3, -0.25) is 0 Å². The molecular formula is C8H18Cl2OSi2. The molecule has 2 unspecified atom stereocenters. The van der Waals surface area contributed by atoms with Crippen molar-refractivity contribution in [3.05, 3.63) is 0 Å². The van der Waals surface area contributed by atoms with Gasteiger partial charge in [0, 0.05) is 6.10 Å². The monoisotopic (exact) mass is 256 g/mol. The maximum atomic E-state index is 6.09. The van der Waals surface area contributed by atoms with Gasteiger partial charge in [-0.25, -0.2) is 0 Å². The molecule has 0 aromatic heterocycles. The summed E-state index contributed by atoms with van der Waals surface area (Å²) in [5, 5.41) is 0. The third-order valence-electron chi connectivity index (χ3n) is 3.38. The smallest absolute Gasteiger partial charge is 0.210 e. The summed E-state index contributed by atoms with van der Waals surface area (Å²) in [6, 6.07) is 1.31. The SMILES string of the molecule is CC1CC[Si](C)(C)[Si](C)(C(Cl)Cl)O1. The van der Waals surface area contributed by atoms with Gasteiger partial charge in [-0.15, -0.1) is 23.2 Å². The first-order valence-corrected chi connectivity index (χ1v) is 12.3. The zero-order valence-electron chi connectivity index (χ0n) is 8.73. The van der Waals surface area contributed by atoms with Gasteiger partial charge in [-0.2, -0.15) is 0 Å². The predicted octanol–water partition coefficient (Wildman–Crippen LogP) is 3.50. The molecule has 0 aliphatic carbocycles. The fourth-order valence-electron chi connectivity index (χ4n) is 1.80. The van der Waals surface area contributed by atoms with E-state index in [1.807, 2.05) is 0 Å². The fourth-order valence-corrected chi connectivity index (χ4v) is 16.3. The summed E-state index contributed by atoms with van der Waals surface area (Å²) >= 11 is 12.2. The van der Waals surface area contributed by atoms with Crippen molar-refractivity contribution in [2.75, 3.05) is 0 Å². The summed E-state index contributed by atoms with van der Waals surface area (Å²) < 4.78 is 5.82. The van der Waals surface area contributed by atoms with Crippen molar-refractivity contribution < 1.29 is 4.43 Å². The molecule has 1 heterocycles. The lowest BCUT2D eigenvalue weighted by atomic mass is 10.3. The minimum atomic E-state index is -1.83. The molecule has 0 amide bonds. The van der Waals surface area contributed by atoms with Gasteiger partial charge >= 0.3 is 0 Å². The van der Waals surface area contributed by atoms with E-state index in [0.717, 1.165) is 0 Å². The Morgan fingerprint density at radius 1 is 1.31 bits per heavy atom. The second kappa shape index (κ2) is 3.85. The molecule has 5 heteroatoms. The quantitative estimate of drug-likeness (QED) is 0.516. The van der Waals surface area contributed by atoms with Crippen molar-refractivity contribution in [3.63, 3.8) is 0 Å². The van der Waals surface area contributed by atoms with Crippen LogP contribution in [-0.2, 0) is 4.43 Å². The lowest BCUT2D eigenvalue weighted by Gasteiger charge is -2.47. The summed E-state index contributed by atoms with van der Waals surface area (Å²) in [5.74, 6) is 0. The van der Waals surface area contributed by atoms with Crippen LogP contribution in [0.4, 0.5) is 0 Å². The molecule has 0 spiro atoms. The standard InChI is InChI=1S/C8H18Cl2OSi2/c1-7-5-6-12(2,3)13(4,11-7)8(9)10/h7-8H,5-6H2,1-4H3. The van der Waals surface area contributed by atoms with Gasteiger partial charge in [-0.1, -0.05) is 19.1 Å². The molecule has 1 rings (SSSR count). The Morgan fingerprint density at radius 3 is 2.23 bits per heavy atom. The number of rotatable bonds is 1. The van der Waals surface area contributed by atoms with Gasteiger partial charge in [0.05, 0.1) is 7.59 Å². The molecule has 0 aromatic carbocycles. The van der Waals surface area contributed by atoms with Gasteiger partial charge in [0.25, 0.3) is 0 Å². The maximum Gasteiger partial charge on any atom is 0.210 e. The molecule has 1 nitrogen and oxygen atoms in total. The van der Waals surface area contributed by atoms with Gasteiger partial charge < -0.3 is 4.43 Å². The van der Waals surface area contributed by atoms with Crippen LogP contribution in [0.3, 0.4) is 0 Å². The van der Waals surface area contributed by atoms with Crippen LogP contribution in [0.5, 0.6) is 0 Å². The second-order valence-corrected chi connectivity index (χ2v) is 20.9. The van der Waals surface area contributed by atoms with Crippen LogP contribution in [-0.4, -0.2) is 26.0 Å². The molecule has 13 heavy (non-hydrogen) atoms. The highest BCUT2D eigenvalue weighted by Gasteiger charge is 2.54. The van der Waals surface area contributed by atoms with Gasteiger partial charge in [-0.05, 0) is 19.9 Å². The maximum absolute atomic E-state index is 6.09. The highest BCUT2D eigenvalue weighted by Crippen LogP contribution is 2.38. The van der Waals surface area contributed by atoms with Crippen molar-refractivity contribution in [1.29, 1.82) is 0 Å². The molecule has 0 saturated carbocycles. The van der Waals surface area contributed by atoms with E-state index >= 15 is 0 Å². The van der Waals surface area contributed by atoms with E-state index in [1.165, 1.54) is 12.5 Å². The average molecular weight is 257 g/mol. The first-order chi connectivity index (χ1) is 5.79. The number of halogens is 2. The molecule has 1 aliphatic heterocycles. The van der Waals surface area contributed by atoms with Gasteiger partial charge in [0.1, 0.15) is 4.46 Å². The van der Waals surface area contributed by atoms with E-state index in [9.17, 15) is 0 Å². The van der Waals surface area contributed by atoms with Crippen molar-refractivity contribution in [2.45, 2.75) is 49.6 Å². The molecule has 1 fully saturated rings. The third-order valence-corrected chi connectivity index (χ3v) is 23.0. The first-order valence-electron chi connectivity index (χ1n) is 4.75. The summed E-state index contributed by atoms with van der Waals surface area (Å²) in [7, 11) is -3.13. The summed E-state index contributed by atoms with van der Waals surface area (Å²) in [6.07, 6.45) is 1.54. The molecule has 0 N–H and O–H groups in total. The Hall–Kier alpha value is 0.974. The molecule has 2 atom stereocenters. The van der Waals surface area contributed by atoms with Crippen LogP contribution < -0.4 is 0 Å².